The van der Waals surface area contributed by atoms with Crippen LogP contribution in [0.15, 0.2) is 41.4 Å². The molecule has 1 aliphatic heterocycles. The van der Waals surface area contributed by atoms with Crippen LogP contribution in [0.2, 0.25) is 0 Å². The fourth-order valence-corrected chi connectivity index (χ4v) is 3.01. The lowest BCUT2D eigenvalue weighted by atomic mass is 10.1. The Hall–Kier alpha value is -3.09. The molecule has 0 radical (unpaired) electrons. The predicted octanol–water partition coefficient (Wildman–Crippen LogP) is 3.05. The lowest BCUT2D eigenvalue weighted by Crippen LogP contribution is -2.24. The van der Waals surface area contributed by atoms with Gasteiger partial charge in [-0.1, -0.05) is 6.07 Å². The molecule has 0 spiro atoms. The summed E-state index contributed by atoms with van der Waals surface area (Å²) in [5.41, 5.74) is 1.72. The molecular formula is C21H24FN3O3. The van der Waals surface area contributed by atoms with Crippen LogP contribution in [-0.4, -0.2) is 32.5 Å². The van der Waals surface area contributed by atoms with Crippen molar-refractivity contribution < 1.29 is 18.7 Å². The van der Waals surface area contributed by atoms with Crippen LogP contribution >= 0.6 is 0 Å². The van der Waals surface area contributed by atoms with Gasteiger partial charge in [-0.05, 0) is 42.3 Å². The first-order chi connectivity index (χ1) is 13.6. The monoisotopic (exact) mass is 385 g/mol. The molecular weight excluding hydrogens is 361 g/mol. The molecule has 2 aromatic rings. The van der Waals surface area contributed by atoms with Crippen molar-refractivity contribution in [3.8, 4) is 11.5 Å². The Labute approximate surface area is 163 Å². The average molecular weight is 385 g/mol. The van der Waals surface area contributed by atoms with Crippen molar-refractivity contribution in [2.75, 3.05) is 20.8 Å². The zero-order valence-corrected chi connectivity index (χ0v) is 16.0. The van der Waals surface area contributed by atoms with Crippen LogP contribution in [-0.2, 0) is 13.1 Å². The quantitative estimate of drug-likeness (QED) is 0.768. The normalized spacial score (nSPS) is 13.0. The van der Waals surface area contributed by atoms with E-state index in [1.165, 1.54) is 12.1 Å². The van der Waals surface area contributed by atoms with Gasteiger partial charge in [-0.2, -0.15) is 0 Å². The molecule has 28 heavy (non-hydrogen) atoms. The SMILES string of the molecule is COc1ccc(CNC(=O)c2ccc(F)c(CNC3=NCCC3)c2)cc1OC. The molecule has 1 aliphatic rings. The molecule has 0 aromatic heterocycles. The van der Waals surface area contributed by atoms with Crippen molar-refractivity contribution in [1.82, 2.24) is 10.6 Å². The summed E-state index contributed by atoms with van der Waals surface area (Å²) in [6.45, 7) is 1.44. The van der Waals surface area contributed by atoms with E-state index in [1.807, 2.05) is 6.07 Å². The third-order valence-corrected chi connectivity index (χ3v) is 4.57. The highest BCUT2D eigenvalue weighted by Crippen LogP contribution is 2.27. The average Bonchev–Trinajstić information content (AvgIpc) is 3.24. The molecule has 0 atom stereocenters. The Bertz CT molecular complexity index is 883. The van der Waals surface area contributed by atoms with Crippen LogP contribution in [0.1, 0.15) is 34.3 Å². The summed E-state index contributed by atoms with van der Waals surface area (Å²) in [4.78, 5) is 16.8. The number of carbonyl (C=O) groups is 1. The summed E-state index contributed by atoms with van der Waals surface area (Å²) in [6.07, 6.45) is 1.90. The van der Waals surface area contributed by atoms with Gasteiger partial charge in [0.05, 0.1) is 20.1 Å². The van der Waals surface area contributed by atoms with Gasteiger partial charge in [0.15, 0.2) is 11.5 Å². The number of methoxy groups -OCH3 is 2. The molecule has 0 unspecified atom stereocenters. The number of rotatable bonds is 7. The molecule has 2 N–H and O–H groups in total. The molecule has 0 saturated heterocycles. The van der Waals surface area contributed by atoms with Crippen molar-refractivity contribution >= 4 is 11.7 Å². The summed E-state index contributed by atoms with van der Waals surface area (Å²) < 4.78 is 24.6. The van der Waals surface area contributed by atoms with Gasteiger partial charge in [-0.3, -0.25) is 9.79 Å². The number of hydrogen-bond acceptors (Lipinski definition) is 5. The van der Waals surface area contributed by atoms with Gasteiger partial charge in [0.1, 0.15) is 5.82 Å². The van der Waals surface area contributed by atoms with Crippen molar-refractivity contribution in [1.29, 1.82) is 0 Å². The highest BCUT2D eigenvalue weighted by molar-refractivity contribution is 5.94. The van der Waals surface area contributed by atoms with Crippen molar-refractivity contribution in [2.45, 2.75) is 25.9 Å². The lowest BCUT2D eigenvalue weighted by Gasteiger charge is -2.11. The first-order valence-corrected chi connectivity index (χ1v) is 9.15. The molecule has 2 aromatic carbocycles. The summed E-state index contributed by atoms with van der Waals surface area (Å²) >= 11 is 0. The number of halogens is 1. The molecule has 1 amide bonds. The van der Waals surface area contributed by atoms with Crippen molar-refractivity contribution in [3.05, 3.63) is 58.9 Å². The molecule has 148 valence electrons. The van der Waals surface area contributed by atoms with E-state index in [0.717, 1.165) is 30.8 Å². The number of hydrogen-bond donors (Lipinski definition) is 2. The highest BCUT2D eigenvalue weighted by Gasteiger charge is 2.12. The summed E-state index contributed by atoms with van der Waals surface area (Å²) in [5.74, 6) is 1.50. The number of nitrogens with zero attached hydrogens (tertiary/aromatic N) is 1. The van der Waals surface area contributed by atoms with Gasteiger partial charge < -0.3 is 20.1 Å². The third-order valence-electron chi connectivity index (χ3n) is 4.57. The van der Waals surface area contributed by atoms with Gasteiger partial charge >= 0.3 is 0 Å². The van der Waals surface area contributed by atoms with E-state index < -0.39 is 0 Å². The largest absolute Gasteiger partial charge is 0.493 e. The maximum absolute atomic E-state index is 14.1. The summed E-state index contributed by atoms with van der Waals surface area (Å²) in [7, 11) is 3.13. The van der Waals surface area contributed by atoms with E-state index in [-0.39, 0.29) is 11.7 Å². The third kappa shape index (κ3) is 4.79. The van der Waals surface area contributed by atoms with Crippen LogP contribution in [0.5, 0.6) is 11.5 Å². The minimum atomic E-state index is -0.345. The van der Waals surface area contributed by atoms with E-state index in [2.05, 4.69) is 15.6 Å². The first-order valence-electron chi connectivity index (χ1n) is 9.15. The van der Waals surface area contributed by atoms with E-state index in [4.69, 9.17) is 9.47 Å². The number of ether oxygens (including phenoxy) is 2. The van der Waals surface area contributed by atoms with Crippen LogP contribution in [0.25, 0.3) is 0 Å². The molecule has 0 aliphatic carbocycles. The Morgan fingerprint density at radius 2 is 1.93 bits per heavy atom. The van der Waals surface area contributed by atoms with E-state index >= 15 is 0 Å². The number of nitrogens with one attached hydrogen (secondary N) is 2. The van der Waals surface area contributed by atoms with Crippen LogP contribution < -0.4 is 20.1 Å². The van der Waals surface area contributed by atoms with Gasteiger partial charge in [0, 0.05) is 37.2 Å². The topological polar surface area (TPSA) is 72.0 Å². The predicted molar refractivity (Wildman–Crippen MR) is 105 cm³/mol. The molecule has 1 heterocycles. The smallest absolute Gasteiger partial charge is 0.251 e. The number of aliphatic imine (C=N–C) groups is 1. The van der Waals surface area contributed by atoms with Crippen molar-refractivity contribution in [3.63, 3.8) is 0 Å². The molecule has 3 rings (SSSR count). The van der Waals surface area contributed by atoms with E-state index in [0.29, 0.717) is 35.7 Å². The van der Waals surface area contributed by atoms with Crippen LogP contribution in [0.3, 0.4) is 0 Å². The Morgan fingerprint density at radius 1 is 1.11 bits per heavy atom. The number of amides is 1. The highest BCUT2D eigenvalue weighted by atomic mass is 19.1. The van der Waals surface area contributed by atoms with Gasteiger partial charge in [0.25, 0.3) is 5.91 Å². The number of benzene rings is 2. The van der Waals surface area contributed by atoms with E-state index in [1.54, 1.807) is 32.4 Å². The molecule has 0 fully saturated rings. The molecule has 6 nitrogen and oxygen atoms in total. The maximum Gasteiger partial charge on any atom is 0.251 e. The van der Waals surface area contributed by atoms with Gasteiger partial charge in [0.2, 0.25) is 0 Å². The summed E-state index contributed by atoms with van der Waals surface area (Å²) in [6, 6.07) is 9.82. The summed E-state index contributed by atoms with van der Waals surface area (Å²) in [5, 5.41) is 5.98. The van der Waals surface area contributed by atoms with E-state index in [9.17, 15) is 9.18 Å². The minimum absolute atomic E-state index is 0.269. The molecule has 0 bridgehead atoms. The second-order valence-electron chi connectivity index (χ2n) is 6.46. The fourth-order valence-electron chi connectivity index (χ4n) is 3.01. The lowest BCUT2D eigenvalue weighted by molar-refractivity contribution is 0.0950. The second-order valence-corrected chi connectivity index (χ2v) is 6.46. The van der Waals surface area contributed by atoms with Gasteiger partial charge in [-0.25, -0.2) is 4.39 Å². The number of amidine groups is 1. The fraction of sp³-hybridized carbons (Fsp3) is 0.333. The zero-order valence-electron chi connectivity index (χ0n) is 16.0. The standard InChI is InChI=1S/C21H24FN3O3/c1-27-18-8-5-14(10-19(18)28-2)12-25-21(26)15-6-7-17(22)16(11-15)13-24-20-4-3-9-23-20/h5-8,10-11H,3-4,9,12-13H2,1-2H3,(H,23,24)(H,25,26). The Morgan fingerprint density at radius 3 is 2.64 bits per heavy atom. The molecule has 0 saturated carbocycles. The first kappa shape index (κ1) is 19.7. The zero-order chi connectivity index (χ0) is 19.9. The van der Waals surface area contributed by atoms with Crippen LogP contribution in [0, 0.1) is 5.82 Å². The second kappa shape index (κ2) is 9.21. The van der Waals surface area contributed by atoms with Gasteiger partial charge in [-0.15, -0.1) is 0 Å². The Kier molecular flexibility index (Phi) is 6.47. The van der Waals surface area contributed by atoms with Crippen molar-refractivity contribution in [2.24, 2.45) is 4.99 Å². The number of carbonyl (C=O) groups excluding carboxylic acids is 1. The molecule has 7 heteroatoms. The van der Waals surface area contributed by atoms with Crippen LogP contribution in [0.4, 0.5) is 4.39 Å². The minimum Gasteiger partial charge on any atom is -0.493 e. The maximum atomic E-state index is 14.1. The Balaban J connectivity index is 1.63.